The van der Waals surface area contributed by atoms with E-state index in [0.717, 1.165) is 37.2 Å². The highest BCUT2D eigenvalue weighted by molar-refractivity contribution is 5.97. The van der Waals surface area contributed by atoms with Crippen molar-refractivity contribution in [2.75, 3.05) is 13.1 Å². The molecule has 3 aromatic rings. The Morgan fingerprint density at radius 2 is 1.59 bits per heavy atom. The number of hydrogen-bond donors (Lipinski definition) is 0. The summed E-state index contributed by atoms with van der Waals surface area (Å²) in [6, 6.07) is 19.1. The molecule has 0 unspecified atom stereocenters. The lowest BCUT2D eigenvalue weighted by atomic mass is 10.1. The van der Waals surface area contributed by atoms with Crippen LogP contribution in [0.25, 0.3) is 16.9 Å². The Morgan fingerprint density at radius 1 is 0.966 bits per heavy atom. The normalized spacial score (nSPS) is 14.6. The molecule has 2 heterocycles. The van der Waals surface area contributed by atoms with Gasteiger partial charge >= 0.3 is 5.97 Å². The fourth-order valence-corrected chi connectivity index (χ4v) is 3.51. The molecule has 0 N–H and O–H groups in total. The number of nitrogens with zero attached hydrogens (tertiary/aromatic N) is 3. The number of esters is 1. The quantitative estimate of drug-likeness (QED) is 0.624. The van der Waals surface area contributed by atoms with Gasteiger partial charge in [0.1, 0.15) is 11.3 Å². The van der Waals surface area contributed by atoms with Gasteiger partial charge in [-0.25, -0.2) is 9.48 Å². The molecule has 2 aromatic carbocycles. The Bertz CT molecular complexity index is 993. The van der Waals surface area contributed by atoms with E-state index in [9.17, 15) is 9.59 Å². The Labute approximate surface area is 169 Å². The van der Waals surface area contributed by atoms with Crippen molar-refractivity contribution in [3.63, 3.8) is 0 Å². The van der Waals surface area contributed by atoms with Crippen LogP contribution in [0.5, 0.6) is 0 Å². The third kappa shape index (κ3) is 4.06. The predicted octanol–water partition coefficient (Wildman–Crippen LogP) is 3.71. The van der Waals surface area contributed by atoms with E-state index in [1.165, 1.54) is 0 Å². The highest BCUT2D eigenvalue weighted by atomic mass is 16.5. The van der Waals surface area contributed by atoms with Crippen LogP contribution < -0.4 is 0 Å². The summed E-state index contributed by atoms with van der Waals surface area (Å²) in [5, 5.41) is 4.62. The molecule has 29 heavy (non-hydrogen) atoms. The van der Waals surface area contributed by atoms with E-state index in [2.05, 4.69) is 5.10 Å². The number of carbonyl (C=O) groups excluding carboxylic acids is 2. The molecule has 1 atom stereocenters. The van der Waals surface area contributed by atoms with Gasteiger partial charge in [0.2, 0.25) is 0 Å². The van der Waals surface area contributed by atoms with Crippen LogP contribution in [0.3, 0.4) is 0 Å². The summed E-state index contributed by atoms with van der Waals surface area (Å²) in [6.07, 6.45) is 2.82. The van der Waals surface area contributed by atoms with Gasteiger partial charge in [-0.15, -0.1) is 0 Å². The first-order valence-corrected chi connectivity index (χ1v) is 9.84. The number of ether oxygens (including phenoxy) is 1. The minimum absolute atomic E-state index is 0.146. The van der Waals surface area contributed by atoms with Crippen LogP contribution in [0, 0.1) is 0 Å². The Hall–Kier alpha value is -3.41. The predicted molar refractivity (Wildman–Crippen MR) is 110 cm³/mol. The summed E-state index contributed by atoms with van der Waals surface area (Å²) in [6.45, 7) is 3.08. The fraction of sp³-hybridized carbons (Fsp3) is 0.261. The Kier molecular flexibility index (Phi) is 5.42. The largest absolute Gasteiger partial charge is 0.449 e. The van der Waals surface area contributed by atoms with Crippen molar-refractivity contribution in [2.45, 2.75) is 25.9 Å². The maximum atomic E-state index is 13.0. The van der Waals surface area contributed by atoms with Crippen molar-refractivity contribution in [3.8, 4) is 16.9 Å². The van der Waals surface area contributed by atoms with Crippen molar-refractivity contribution >= 4 is 11.9 Å². The first-order valence-electron chi connectivity index (χ1n) is 9.84. The van der Waals surface area contributed by atoms with Crippen molar-refractivity contribution < 1.29 is 14.3 Å². The van der Waals surface area contributed by atoms with Gasteiger partial charge in [-0.1, -0.05) is 48.5 Å². The third-order valence-corrected chi connectivity index (χ3v) is 5.05. The van der Waals surface area contributed by atoms with Crippen molar-refractivity contribution in [3.05, 3.63) is 72.4 Å². The first-order chi connectivity index (χ1) is 14.1. The summed E-state index contributed by atoms with van der Waals surface area (Å²) >= 11 is 0. The molecule has 0 spiro atoms. The molecule has 0 aliphatic carbocycles. The zero-order valence-electron chi connectivity index (χ0n) is 16.3. The lowest BCUT2D eigenvalue weighted by Gasteiger charge is -2.20. The molecule has 1 aliphatic heterocycles. The maximum Gasteiger partial charge on any atom is 0.342 e. The maximum absolute atomic E-state index is 13.0. The van der Waals surface area contributed by atoms with E-state index in [-0.39, 0.29) is 5.91 Å². The molecule has 1 fully saturated rings. The average Bonchev–Trinajstić information content (AvgIpc) is 3.45. The van der Waals surface area contributed by atoms with Crippen molar-refractivity contribution in [1.29, 1.82) is 0 Å². The van der Waals surface area contributed by atoms with Crippen molar-refractivity contribution in [1.82, 2.24) is 14.7 Å². The lowest BCUT2D eigenvalue weighted by molar-refractivity contribution is -0.138. The average molecular weight is 389 g/mol. The molecule has 1 aromatic heterocycles. The second-order valence-electron chi connectivity index (χ2n) is 7.12. The summed E-state index contributed by atoms with van der Waals surface area (Å²) in [5.74, 6) is -0.696. The lowest BCUT2D eigenvalue weighted by Crippen LogP contribution is -2.38. The summed E-state index contributed by atoms with van der Waals surface area (Å²) < 4.78 is 7.20. The van der Waals surface area contributed by atoms with E-state index in [1.807, 2.05) is 60.7 Å². The number of hydrogen-bond acceptors (Lipinski definition) is 4. The Morgan fingerprint density at radius 3 is 2.24 bits per heavy atom. The number of rotatable bonds is 5. The first kappa shape index (κ1) is 18.9. The molecule has 0 saturated carbocycles. The van der Waals surface area contributed by atoms with E-state index >= 15 is 0 Å². The molecule has 0 radical (unpaired) electrons. The molecule has 148 valence electrons. The number of amides is 1. The van der Waals surface area contributed by atoms with Crippen LogP contribution in [-0.4, -0.2) is 45.8 Å². The fourth-order valence-electron chi connectivity index (χ4n) is 3.51. The molecule has 4 rings (SSSR count). The minimum atomic E-state index is -0.829. The van der Waals surface area contributed by atoms with Gasteiger partial charge in [0.25, 0.3) is 5.91 Å². The van der Waals surface area contributed by atoms with E-state index in [1.54, 1.807) is 22.7 Å². The number of aromatic nitrogens is 2. The molecule has 6 nitrogen and oxygen atoms in total. The minimum Gasteiger partial charge on any atom is -0.449 e. The van der Waals surface area contributed by atoms with Gasteiger partial charge in [0.05, 0.1) is 5.69 Å². The SMILES string of the molecule is C[C@@H](OC(=O)c1cn(-c2ccccc2)nc1-c1ccccc1)C(=O)N1CCCC1. The standard InChI is InChI=1S/C23H23N3O3/c1-17(22(27)25-14-8-9-15-25)29-23(28)20-16-26(19-12-6-3-7-13-19)24-21(20)18-10-4-2-5-11-18/h2-7,10-13,16-17H,8-9,14-15H2,1H3/t17-/m1/s1. The third-order valence-electron chi connectivity index (χ3n) is 5.05. The van der Waals surface area contributed by atoms with Gasteiger partial charge in [-0.2, -0.15) is 5.10 Å². The second kappa shape index (κ2) is 8.31. The van der Waals surface area contributed by atoms with E-state index in [4.69, 9.17) is 4.74 Å². The smallest absolute Gasteiger partial charge is 0.342 e. The zero-order chi connectivity index (χ0) is 20.2. The van der Waals surface area contributed by atoms with Gasteiger partial charge in [-0.3, -0.25) is 4.79 Å². The molecule has 1 aliphatic rings. The van der Waals surface area contributed by atoms with Crippen LogP contribution in [-0.2, 0) is 9.53 Å². The van der Waals surface area contributed by atoms with E-state index < -0.39 is 12.1 Å². The molecule has 1 amide bonds. The monoisotopic (exact) mass is 389 g/mol. The molecule has 0 bridgehead atoms. The second-order valence-corrected chi connectivity index (χ2v) is 7.12. The van der Waals surface area contributed by atoms with Gasteiger partial charge in [0.15, 0.2) is 6.10 Å². The van der Waals surface area contributed by atoms with Crippen LogP contribution in [0.1, 0.15) is 30.1 Å². The zero-order valence-corrected chi connectivity index (χ0v) is 16.3. The number of likely N-dealkylation sites (tertiary alicyclic amines) is 1. The van der Waals surface area contributed by atoms with E-state index in [0.29, 0.717) is 11.3 Å². The summed E-state index contributed by atoms with van der Waals surface area (Å²) in [5.41, 5.74) is 2.51. The summed E-state index contributed by atoms with van der Waals surface area (Å²) in [7, 11) is 0. The Balaban J connectivity index is 1.63. The van der Waals surface area contributed by atoms with Crippen molar-refractivity contribution in [2.24, 2.45) is 0 Å². The molecule has 6 heteroatoms. The highest BCUT2D eigenvalue weighted by Crippen LogP contribution is 2.25. The van der Waals surface area contributed by atoms with Gasteiger partial charge in [0, 0.05) is 24.8 Å². The van der Waals surface area contributed by atoms with Crippen LogP contribution in [0.15, 0.2) is 66.9 Å². The number of carbonyl (C=O) groups is 2. The van der Waals surface area contributed by atoms with Crippen LogP contribution in [0.4, 0.5) is 0 Å². The topological polar surface area (TPSA) is 64.4 Å². The summed E-state index contributed by atoms with van der Waals surface area (Å²) in [4.78, 5) is 27.2. The van der Waals surface area contributed by atoms with Gasteiger partial charge in [-0.05, 0) is 31.9 Å². The van der Waals surface area contributed by atoms with Crippen LogP contribution >= 0.6 is 0 Å². The number of para-hydroxylation sites is 1. The molecule has 1 saturated heterocycles. The van der Waals surface area contributed by atoms with Gasteiger partial charge < -0.3 is 9.64 Å². The number of benzene rings is 2. The molecular weight excluding hydrogens is 366 g/mol. The highest BCUT2D eigenvalue weighted by Gasteiger charge is 2.28. The molecular formula is C23H23N3O3. The van der Waals surface area contributed by atoms with Crippen LogP contribution in [0.2, 0.25) is 0 Å².